The summed E-state index contributed by atoms with van der Waals surface area (Å²) in [5.41, 5.74) is 1.22. The number of nitrogens with one attached hydrogen (secondary N) is 1. The number of likely N-dealkylation sites (N-methyl/N-ethyl adjacent to an activating group) is 1. The lowest BCUT2D eigenvalue weighted by Crippen LogP contribution is -2.21. The zero-order valence-electron chi connectivity index (χ0n) is 12.3. The first-order chi connectivity index (χ1) is 9.78. The Labute approximate surface area is 120 Å². The molecule has 0 radical (unpaired) electrons. The Bertz CT molecular complexity index is 521. The first-order valence-corrected chi connectivity index (χ1v) is 7.05. The topological polar surface area (TPSA) is 52.0 Å². The third kappa shape index (κ3) is 3.36. The highest BCUT2D eigenvalue weighted by Gasteiger charge is 2.14. The van der Waals surface area contributed by atoms with E-state index in [-0.39, 0.29) is 6.04 Å². The largest absolute Gasteiger partial charge is 0.494 e. The Morgan fingerprint density at radius 2 is 2.00 bits per heavy atom. The monoisotopic (exact) mass is 274 g/mol. The highest BCUT2D eigenvalue weighted by molar-refractivity contribution is 5.29. The van der Waals surface area contributed by atoms with E-state index in [1.165, 1.54) is 5.56 Å². The van der Waals surface area contributed by atoms with Crippen LogP contribution in [0, 0.1) is 0 Å². The molecule has 1 N–H and O–H groups in total. The third-order valence-corrected chi connectivity index (χ3v) is 3.32. The summed E-state index contributed by atoms with van der Waals surface area (Å²) in [7, 11) is 1.97. The van der Waals surface area contributed by atoms with Crippen LogP contribution in [-0.2, 0) is 13.0 Å². The number of hydrogen-bond donors (Lipinski definition) is 1. The van der Waals surface area contributed by atoms with Crippen molar-refractivity contribution in [3.8, 4) is 5.75 Å². The molecule has 0 aliphatic rings. The SMILES string of the molecule is CCOc1ccc(C(Cc2ncnn2CC)NC)cc1. The number of hydrogen-bond acceptors (Lipinski definition) is 4. The van der Waals surface area contributed by atoms with Gasteiger partial charge in [0.2, 0.25) is 0 Å². The summed E-state index contributed by atoms with van der Waals surface area (Å²) in [5, 5.41) is 7.55. The first kappa shape index (κ1) is 14.5. The molecule has 1 heterocycles. The van der Waals surface area contributed by atoms with Gasteiger partial charge < -0.3 is 10.1 Å². The minimum Gasteiger partial charge on any atom is -0.494 e. The number of benzene rings is 1. The molecule has 5 nitrogen and oxygen atoms in total. The van der Waals surface area contributed by atoms with Crippen molar-refractivity contribution in [3.05, 3.63) is 42.0 Å². The van der Waals surface area contributed by atoms with Crippen molar-refractivity contribution in [3.63, 3.8) is 0 Å². The van der Waals surface area contributed by atoms with E-state index in [9.17, 15) is 0 Å². The lowest BCUT2D eigenvalue weighted by Gasteiger charge is -2.17. The van der Waals surface area contributed by atoms with Crippen LogP contribution in [0.4, 0.5) is 0 Å². The van der Waals surface area contributed by atoms with E-state index in [0.717, 1.165) is 24.5 Å². The number of rotatable bonds is 7. The molecule has 1 unspecified atom stereocenters. The minimum absolute atomic E-state index is 0.222. The summed E-state index contributed by atoms with van der Waals surface area (Å²) in [6, 6.07) is 8.43. The summed E-state index contributed by atoms with van der Waals surface area (Å²) in [4.78, 5) is 4.33. The second kappa shape index (κ2) is 7.05. The van der Waals surface area contributed by atoms with Crippen LogP contribution >= 0.6 is 0 Å². The van der Waals surface area contributed by atoms with Gasteiger partial charge in [0.25, 0.3) is 0 Å². The fraction of sp³-hybridized carbons (Fsp3) is 0.467. The van der Waals surface area contributed by atoms with Gasteiger partial charge in [0, 0.05) is 19.0 Å². The van der Waals surface area contributed by atoms with Crippen LogP contribution < -0.4 is 10.1 Å². The van der Waals surface area contributed by atoms with Gasteiger partial charge in [-0.25, -0.2) is 4.98 Å². The zero-order chi connectivity index (χ0) is 14.4. The molecular formula is C15H22N4O. The van der Waals surface area contributed by atoms with Crippen LogP contribution in [0.25, 0.3) is 0 Å². The molecule has 2 rings (SSSR count). The number of nitrogens with zero attached hydrogens (tertiary/aromatic N) is 3. The van der Waals surface area contributed by atoms with Gasteiger partial charge in [-0.1, -0.05) is 12.1 Å². The molecule has 108 valence electrons. The Morgan fingerprint density at radius 1 is 1.25 bits per heavy atom. The van der Waals surface area contributed by atoms with Gasteiger partial charge in [-0.05, 0) is 38.6 Å². The molecule has 0 aliphatic heterocycles. The highest BCUT2D eigenvalue weighted by Crippen LogP contribution is 2.20. The zero-order valence-corrected chi connectivity index (χ0v) is 12.3. The normalized spacial score (nSPS) is 12.3. The lowest BCUT2D eigenvalue weighted by molar-refractivity contribution is 0.340. The fourth-order valence-corrected chi connectivity index (χ4v) is 2.24. The van der Waals surface area contributed by atoms with Crippen molar-refractivity contribution in [1.29, 1.82) is 0 Å². The average molecular weight is 274 g/mol. The highest BCUT2D eigenvalue weighted by atomic mass is 16.5. The van der Waals surface area contributed by atoms with Gasteiger partial charge in [-0.2, -0.15) is 5.10 Å². The molecule has 1 aromatic heterocycles. The molecule has 0 amide bonds. The van der Waals surface area contributed by atoms with Crippen molar-refractivity contribution in [2.24, 2.45) is 0 Å². The van der Waals surface area contributed by atoms with Crippen molar-refractivity contribution < 1.29 is 4.74 Å². The molecule has 0 fully saturated rings. The van der Waals surface area contributed by atoms with Crippen LogP contribution in [-0.4, -0.2) is 28.4 Å². The Balaban J connectivity index is 2.11. The van der Waals surface area contributed by atoms with E-state index < -0.39 is 0 Å². The van der Waals surface area contributed by atoms with Crippen molar-refractivity contribution >= 4 is 0 Å². The van der Waals surface area contributed by atoms with Gasteiger partial charge in [-0.15, -0.1) is 0 Å². The molecular weight excluding hydrogens is 252 g/mol. The van der Waals surface area contributed by atoms with Crippen LogP contribution in [0.1, 0.15) is 31.3 Å². The van der Waals surface area contributed by atoms with Gasteiger partial charge in [0.15, 0.2) is 0 Å². The molecule has 0 saturated carbocycles. The quantitative estimate of drug-likeness (QED) is 0.841. The van der Waals surface area contributed by atoms with E-state index in [1.54, 1.807) is 6.33 Å². The van der Waals surface area contributed by atoms with E-state index in [2.05, 4.69) is 34.5 Å². The summed E-state index contributed by atoms with van der Waals surface area (Å²) in [6.45, 7) is 5.59. The average Bonchev–Trinajstić information content (AvgIpc) is 2.93. The summed E-state index contributed by atoms with van der Waals surface area (Å²) in [5.74, 6) is 1.91. The van der Waals surface area contributed by atoms with Crippen molar-refractivity contribution in [2.75, 3.05) is 13.7 Å². The maximum absolute atomic E-state index is 5.47. The maximum atomic E-state index is 5.47. The van der Waals surface area contributed by atoms with E-state index in [4.69, 9.17) is 4.74 Å². The predicted molar refractivity (Wildman–Crippen MR) is 78.8 cm³/mol. The molecule has 1 atom stereocenters. The van der Waals surface area contributed by atoms with Gasteiger partial charge in [0.1, 0.15) is 17.9 Å². The van der Waals surface area contributed by atoms with E-state index in [0.29, 0.717) is 6.61 Å². The summed E-state index contributed by atoms with van der Waals surface area (Å²) >= 11 is 0. The van der Waals surface area contributed by atoms with Gasteiger partial charge in [-0.3, -0.25) is 4.68 Å². The van der Waals surface area contributed by atoms with Crippen LogP contribution in [0.15, 0.2) is 30.6 Å². The number of ether oxygens (including phenoxy) is 1. The Morgan fingerprint density at radius 3 is 2.60 bits per heavy atom. The first-order valence-electron chi connectivity index (χ1n) is 7.05. The Hall–Kier alpha value is -1.88. The molecule has 1 aromatic carbocycles. The number of aryl methyl sites for hydroxylation is 1. The second-order valence-corrected chi connectivity index (χ2v) is 4.54. The van der Waals surface area contributed by atoms with E-state index >= 15 is 0 Å². The van der Waals surface area contributed by atoms with E-state index in [1.807, 2.05) is 30.8 Å². The minimum atomic E-state index is 0.222. The standard InChI is InChI=1S/C15H22N4O/c1-4-19-15(17-11-18-19)10-14(16-3)12-6-8-13(9-7-12)20-5-2/h6-9,11,14,16H,4-5,10H2,1-3H3. The van der Waals surface area contributed by atoms with Gasteiger partial charge >= 0.3 is 0 Å². The summed E-state index contributed by atoms with van der Waals surface area (Å²) in [6.07, 6.45) is 2.43. The van der Waals surface area contributed by atoms with Crippen molar-refractivity contribution in [1.82, 2.24) is 20.1 Å². The van der Waals surface area contributed by atoms with Gasteiger partial charge in [0.05, 0.1) is 6.61 Å². The van der Waals surface area contributed by atoms with Crippen LogP contribution in [0.5, 0.6) is 5.75 Å². The smallest absolute Gasteiger partial charge is 0.138 e. The number of aromatic nitrogens is 3. The second-order valence-electron chi connectivity index (χ2n) is 4.54. The molecule has 20 heavy (non-hydrogen) atoms. The molecule has 0 saturated heterocycles. The molecule has 2 aromatic rings. The summed E-state index contributed by atoms with van der Waals surface area (Å²) < 4.78 is 7.40. The lowest BCUT2D eigenvalue weighted by atomic mass is 10.0. The van der Waals surface area contributed by atoms with Crippen LogP contribution in [0.3, 0.4) is 0 Å². The third-order valence-electron chi connectivity index (χ3n) is 3.32. The molecule has 5 heteroatoms. The predicted octanol–water partition coefficient (Wildman–Crippen LogP) is 2.20. The van der Waals surface area contributed by atoms with Crippen LogP contribution in [0.2, 0.25) is 0 Å². The molecule has 0 bridgehead atoms. The Kier molecular flexibility index (Phi) is 5.12. The molecule has 0 spiro atoms. The molecule has 0 aliphatic carbocycles. The van der Waals surface area contributed by atoms with Crippen molar-refractivity contribution in [2.45, 2.75) is 32.9 Å². The fourth-order valence-electron chi connectivity index (χ4n) is 2.24. The maximum Gasteiger partial charge on any atom is 0.138 e.